The zero-order valence-corrected chi connectivity index (χ0v) is 15.3. The van der Waals surface area contributed by atoms with Crippen molar-refractivity contribution in [3.05, 3.63) is 55.0 Å². The van der Waals surface area contributed by atoms with Gasteiger partial charge in [-0.15, -0.1) is 6.58 Å². The molecular formula is C21H24N4O2. The number of fused-ring (bicyclic) bond motifs is 4. The highest BCUT2D eigenvalue weighted by Gasteiger charge is 2.51. The van der Waals surface area contributed by atoms with Crippen molar-refractivity contribution in [1.82, 2.24) is 14.5 Å². The maximum absolute atomic E-state index is 12.9. The number of likely N-dealkylation sites (tertiary alicyclic amines) is 1. The lowest BCUT2D eigenvalue weighted by molar-refractivity contribution is -0.141. The quantitative estimate of drug-likeness (QED) is 0.847. The van der Waals surface area contributed by atoms with Gasteiger partial charge in [-0.2, -0.15) is 0 Å². The van der Waals surface area contributed by atoms with Crippen LogP contribution < -0.4 is 4.90 Å². The highest BCUT2D eigenvalue weighted by molar-refractivity contribution is 5.81. The standard InChI is InChI=1S/C21H24N4O2/c1-2-9-25-17-5-3-8-22-19(17)24-10-4-6-18(24)21(25)7-11-23(14-21)20(27)15-12-16(26)13-15/h2-6,8,10,15-16,26H,1,7,9,11-14H2/t15?,16?,21-/m1/s1. The fourth-order valence-corrected chi connectivity index (χ4v) is 4.96. The normalized spacial score (nSPS) is 28.6. The average molecular weight is 364 g/mol. The molecule has 0 bridgehead atoms. The summed E-state index contributed by atoms with van der Waals surface area (Å²) in [6, 6.07) is 8.27. The fraction of sp³-hybridized carbons (Fsp3) is 0.429. The summed E-state index contributed by atoms with van der Waals surface area (Å²) in [5.74, 6) is 1.09. The lowest BCUT2D eigenvalue weighted by atomic mass is 9.81. The molecule has 4 heterocycles. The van der Waals surface area contributed by atoms with E-state index in [0.717, 1.165) is 24.5 Å². The van der Waals surface area contributed by atoms with Crippen LogP contribution in [0, 0.1) is 5.92 Å². The topological polar surface area (TPSA) is 61.6 Å². The number of amides is 1. The number of hydrogen-bond donors (Lipinski definition) is 1. The van der Waals surface area contributed by atoms with Crippen molar-refractivity contribution >= 4 is 11.6 Å². The van der Waals surface area contributed by atoms with E-state index in [4.69, 9.17) is 0 Å². The van der Waals surface area contributed by atoms with Gasteiger partial charge in [0.1, 0.15) is 5.54 Å². The smallest absolute Gasteiger partial charge is 0.225 e. The number of carbonyl (C=O) groups is 1. The second kappa shape index (κ2) is 5.96. The minimum absolute atomic E-state index is 0.0210. The summed E-state index contributed by atoms with van der Waals surface area (Å²) in [5.41, 5.74) is 1.99. The Kier molecular flexibility index (Phi) is 3.65. The number of aliphatic hydroxyl groups is 1. The molecule has 3 aliphatic rings. The molecule has 1 N–H and O–H groups in total. The number of anilines is 1. The molecule has 1 spiro atoms. The molecule has 1 saturated carbocycles. The number of aliphatic hydroxyl groups excluding tert-OH is 1. The van der Waals surface area contributed by atoms with E-state index in [-0.39, 0.29) is 23.5 Å². The third-order valence-corrected chi connectivity index (χ3v) is 6.36. The molecule has 6 nitrogen and oxygen atoms in total. The van der Waals surface area contributed by atoms with Gasteiger partial charge in [-0.05, 0) is 43.5 Å². The zero-order valence-electron chi connectivity index (χ0n) is 15.3. The third kappa shape index (κ3) is 2.29. The second-order valence-electron chi connectivity index (χ2n) is 7.87. The fourth-order valence-electron chi connectivity index (χ4n) is 4.96. The number of rotatable bonds is 3. The van der Waals surface area contributed by atoms with Gasteiger partial charge in [-0.3, -0.25) is 4.79 Å². The van der Waals surface area contributed by atoms with Crippen LogP contribution in [0.5, 0.6) is 0 Å². The Morgan fingerprint density at radius 3 is 3.00 bits per heavy atom. The molecule has 6 heteroatoms. The Morgan fingerprint density at radius 1 is 1.37 bits per heavy atom. The highest BCUT2D eigenvalue weighted by Crippen LogP contribution is 2.47. The van der Waals surface area contributed by atoms with E-state index in [0.29, 0.717) is 25.9 Å². The number of hydrogen-bond acceptors (Lipinski definition) is 4. The number of aromatic nitrogens is 2. The van der Waals surface area contributed by atoms with Crippen LogP contribution in [0.3, 0.4) is 0 Å². The first-order valence-corrected chi connectivity index (χ1v) is 9.63. The third-order valence-electron chi connectivity index (χ3n) is 6.36. The molecule has 0 radical (unpaired) electrons. The predicted octanol–water partition coefficient (Wildman–Crippen LogP) is 2.08. The molecule has 2 aromatic heterocycles. The minimum atomic E-state index is -0.308. The summed E-state index contributed by atoms with van der Waals surface area (Å²) in [5, 5.41) is 9.58. The van der Waals surface area contributed by atoms with E-state index in [1.165, 1.54) is 5.69 Å². The van der Waals surface area contributed by atoms with E-state index in [9.17, 15) is 9.90 Å². The lowest BCUT2D eigenvalue weighted by Crippen LogP contribution is -2.53. The SMILES string of the molecule is C=CCN1c2cccnc2-n2cccc2[C@]12CCN(C(=O)C1CC(O)C1)C2. The predicted molar refractivity (Wildman–Crippen MR) is 103 cm³/mol. The Balaban J connectivity index is 1.55. The van der Waals surface area contributed by atoms with Crippen molar-refractivity contribution in [3.8, 4) is 5.82 Å². The monoisotopic (exact) mass is 364 g/mol. The Bertz CT molecular complexity index is 901. The lowest BCUT2D eigenvalue weighted by Gasteiger charge is -2.47. The summed E-state index contributed by atoms with van der Waals surface area (Å²) in [6.07, 6.45) is 7.56. The van der Waals surface area contributed by atoms with Crippen molar-refractivity contribution in [2.24, 2.45) is 5.92 Å². The summed E-state index contributed by atoms with van der Waals surface area (Å²) in [4.78, 5) is 21.9. The van der Waals surface area contributed by atoms with Crippen molar-refractivity contribution in [2.75, 3.05) is 24.5 Å². The van der Waals surface area contributed by atoms with Gasteiger partial charge in [0.2, 0.25) is 5.91 Å². The van der Waals surface area contributed by atoms with Gasteiger partial charge in [0, 0.05) is 37.9 Å². The second-order valence-corrected chi connectivity index (χ2v) is 7.87. The highest BCUT2D eigenvalue weighted by atomic mass is 16.3. The van der Waals surface area contributed by atoms with Gasteiger partial charge in [-0.25, -0.2) is 4.98 Å². The largest absolute Gasteiger partial charge is 0.393 e. The molecule has 2 aliphatic heterocycles. The summed E-state index contributed by atoms with van der Waals surface area (Å²) in [6.45, 7) is 6.06. The molecule has 1 aliphatic carbocycles. The van der Waals surface area contributed by atoms with Gasteiger partial charge in [-0.1, -0.05) is 6.08 Å². The first-order valence-electron chi connectivity index (χ1n) is 9.63. The van der Waals surface area contributed by atoms with E-state index in [1.807, 2.05) is 23.2 Å². The average Bonchev–Trinajstić information content (AvgIpc) is 3.31. The maximum Gasteiger partial charge on any atom is 0.225 e. The van der Waals surface area contributed by atoms with Gasteiger partial charge < -0.3 is 19.5 Å². The van der Waals surface area contributed by atoms with E-state index in [2.05, 4.69) is 45.4 Å². The molecule has 0 unspecified atom stereocenters. The minimum Gasteiger partial charge on any atom is -0.393 e. The molecule has 0 aromatic carbocycles. The molecule has 5 rings (SSSR count). The zero-order chi connectivity index (χ0) is 18.6. The molecule has 2 aromatic rings. The summed E-state index contributed by atoms with van der Waals surface area (Å²) >= 11 is 0. The van der Waals surface area contributed by atoms with Gasteiger partial charge in [0.25, 0.3) is 0 Å². The van der Waals surface area contributed by atoms with Crippen LogP contribution >= 0.6 is 0 Å². The van der Waals surface area contributed by atoms with Crippen LogP contribution in [0.1, 0.15) is 25.0 Å². The summed E-state index contributed by atoms with van der Waals surface area (Å²) < 4.78 is 2.16. The van der Waals surface area contributed by atoms with E-state index in [1.54, 1.807) is 0 Å². The van der Waals surface area contributed by atoms with Crippen molar-refractivity contribution in [2.45, 2.75) is 30.9 Å². The Labute approximate surface area is 158 Å². The molecule has 2 fully saturated rings. The van der Waals surface area contributed by atoms with Crippen molar-refractivity contribution in [3.63, 3.8) is 0 Å². The van der Waals surface area contributed by atoms with Crippen LogP contribution in [-0.2, 0) is 10.3 Å². The Hall–Kier alpha value is -2.60. The first kappa shape index (κ1) is 16.6. The van der Waals surface area contributed by atoms with Crippen molar-refractivity contribution in [1.29, 1.82) is 0 Å². The number of pyridine rings is 1. The molecule has 1 amide bonds. The maximum atomic E-state index is 12.9. The number of carbonyl (C=O) groups excluding carboxylic acids is 1. The van der Waals surface area contributed by atoms with Crippen LogP contribution in [0.25, 0.3) is 5.82 Å². The van der Waals surface area contributed by atoms with E-state index < -0.39 is 0 Å². The van der Waals surface area contributed by atoms with E-state index >= 15 is 0 Å². The van der Waals surface area contributed by atoms with Crippen LogP contribution in [-0.4, -0.2) is 51.2 Å². The summed E-state index contributed by atoms with van der Waals surface area (Å²) in [7, 11) is 0. The Morgan fingerprint density at radius 2 is 2.22 bits per heavy atom. The van der Waals surface area contributed by atoms with Crippen LogP contribution in [0.2, 0.25) is 0 Å². The molecule has 27 heavy (non-hydrogen) atoms. The van der Waals surface area contributed by atoms with Gasteiger partial charge in [0.15, 0.2) is 5.82 Å². The van der Waals surface area contributed by atoms with Gasteiger partial charge in [0.05, 0.1) is 17.5 Å². The molecule has 1 saturated heterocycles. The van der Waals surface area contributed by atoms with Crippen molar-refractivity contribution < 1.29 is 9.90 Å². The molecule has 140 valence electrons. The van der Waals surface area contributed by atoms with Crippen LogP contribution in [0.15, 0.2) is 49.3 Å². The first-order chi connectivity index (χ1) is 13.1. The molecule has 1 atom stereocenters. The molecular weight excluding hydrogens is 340 g/mol. The van der Waals surface area contributed by atoms with Gasteiger partial charge >= 0.3 is 0 Å². The van der Waals surface area contributed by atoms with Crippen LogP contribution in [0.4, 0.5) is 5.69 Å². The number of nitrogens with zero attached hydrogens (tertiary/aromatic N) is 4.